The van der Waals surface area contributed by atoms with Gasteiger partial charge in [0.2, 0.25) is 10.0 Å². The van der Waals surface area contributed by atoms with Crippen LogP contribution in [0, 0.1) is 6.92 Å². The van der Waals surface area contributed by atoms with Crippen molar-refractivity contribution in [2.24, 2.45) is 0 Å². The van der Waals surface area contributed by atoms with Gasteiger partial charge in [0.15, 0.2) is 0 Å². The van der Waals surface area contributed by atoms with Crippen LogP contribution < -0.4 is 10.2 Å². The molecule has 158 valence electrons. The molecule has 1 fully saturated rings. The van der Waals surface area contributed by atoms with Crippen molar-refractivity contribution in [3.05, 3.63) is 46.9 Å². The molecule has 9 nitrogen and oxygen atoms in total. The third-order valence-electron chi connectivity index (χ3n) is 5.28. The van der Waals surface area contributed by atoms with E-state index >= 15 is 0 Å². The Morgan fingerprint density at radius 2 is 1.63 bits per heavy atom. The molecule has 1 aromatic heterocycles. The fraction of sp³-hybridized carbons (Fsp3) is 0.400. The van der Waals surface area contributed by atoms with Gasteiger partial charge in [0.05, 0.1) is 16.0 Å². The molecule has 0 spiro atoms. The van der Waals surface area contributed by atoms with Crippen molar-refractivity contribution in [2.45, 2.75) is 31.6 Å². The standard InChI is InChI=1S/C20H23N5O4S/c1-12(2)18-21-13(3)10-17(22-18)24-6-8-25(9-7-24)30(28,29)14-4-5-15-16(11-14)20(27)23-19(15)26/h4-5,10-12H,6-9H2,1-3H3,(H,23,26,27). The number of carbonyl (C=O) groups is 2. The number of nitrogens with zero attached hydrogens (tertiary/aromatic N) is 4. The third-order valence-corrected chi connectivity index (χ3v) is 7.18. The topological polar surface area (TPSA) is 113 Å². The Morgan fingerprint density at radius 3 is 2.30 bits per heavy atom. The van der Waals surface area contributed by atoms with Crippen molar-refractivity contribution in [1.82, 2.24) is 19.6 Å². The van der Waals surface area contributed by atoms with Gasteiger partial charge >= 0.3 is 0 Å². The van der Waals surface area contributed by atoms with Gasteiger partial charge in [-0.2, -0.15) is 4.31 Å². The van der Waals surface area contributed by atoms with E-state index in [2.05, 4.69) is 20.2 Å². The molecule has 2 aliphatic heterocycles. The third kappa shape index (κ3) is 3.56. The number of aromatic nitrogens is 2. The van der Waals surface area contributed by atoms with Gasteiger partial charge in [0.1, 0.15) is 11.6 Å². The van der Waals surface area contributed by atoms with Crippen LogP contribution in [0.5, 0.6) is 0 Å². The van der Waals surface area contributed by atoms with Crippen LogP contribution in [-0.2, 0) is 10.0 Å². The molecule has 3 heterocycles. The van der Waals surface area contributed by atoms with E-state index in [9.17, 15) is 18.0 Å². The lowest BCUT2D eigenvalue weighted by Gasteiger charge is -2.35. The van der Waals surface area contributed by atoms with Crippen molar-refractivity contribution in [2.75, 3.05) is 31.1 Å². The number of hydrogen-bond donors (Lipinski definition) is 1. The van der Waals surface area contributed by atoms with Crippen LogP contribution in [-0.4, -0.2) is 60.7 Å². The van der Waals surface area contributed by atoms with Crippen LogP contribution in [0.1, 0.15) is 52.0 Å². The van der Waals surface area contributed by atoms with Crippen LogP contribution in [0.25, 0.3) is 0 Å². The molecule has 0 unspecified atom stereocenters. The molecule has 30 heavy (non-hydrogen) atoms. The summed E-state index contributed by atoms with van der Waals surface area (Å²) in [6, 6.07) is 5.95. The van der Waals surface area contributed by atoms with E-state index in [4.69, 9.17) is 0 Å². The van der Waals surface area contributed by atoms with Crippen molar-refractivity contribution in [1.29, 1.82) is 0 Å². The maximum Gasteiger partial charge on any atom is 0.258 e. The van der Waals surface area contributed by atoms with Gasteiger partial charge in [0.25, 0.3) is 11.8 Å². The normalized spacial score (nSPS) is 17.4. The summed E-state index contributed by atoms with van der Waals surface area (Å²) in [6.45, 7) is 7.58. The molecule has 0 radical (unpaired) electrons. The summed E-state index contributed by atoms with van der Waals surface area (Å²) in [4.78, 5) is 34.7. The van der Waals surface area contributed by atoms with E-state index in [1.54, 1.807) is 0 Å². The zero-order valence-corrected chi connectivity index (χ0v) is 17.9. The second-order valence-corrected chi connectivity index (χ2v) is 9.70. The average molecular weight is 430 g/mol. The first-order chi connectivity index (χ1) is 14.2. The lowest BCUT2D eigenvalue weighted by molar-refractivity contribution is 0.0879. The second kappa shape index (κ2) is 7.44. The number of aryl methyl sites for hydroxylation is 1. The molecule has 0 saturated carbocycles. The number of amides is 2. The smallest absolute Gasteiger partial charge is 0.258 e. The Hall–Kier alpha value is -2.85. The zero-order valence-electron chi connectivity index (χ0n) is 17.0. The summed E-state index contributed by atoms with van der Waals surface area (Å²) in [5, 5.41) is 2.18. The van der Waals surface area contributed by atoms with Crippen molar-refractivity contribution < 1.29 is 18.0 Å². The van der Waals surface area contributed by atoms with Gasteiger partial charge in [-0.1, -0.05) is 13.8 Å². The van der Waals surface area contributed by atoms with E-state index in [-0.39, 0.29) is 21.9 Å². The number of piperazine rings is 1. The van der Waals surface area contributed by atoms with Crippen LogP contribution >= 0.6 is 0 Å². The number of imide groups is 1. The van der Waals surface area contributed by atoms with Gasteiger partial charge in [-0.05, 0) is 25.1 Å². The first kappa shape index (κ1) is 20.4. The number of sulfonamides is 1. The maximum atomic E-state index is 13.1. The molecule has 0 aliphatic carbocycles. The molecule has 2 amide bonds. The highest BCUT2D eigenvalue weighted by atomic mass is 32.2. The fourth-order valence-corrected chi connectivity index (χ4v) is 5.06. The summed E-state index contributed by atoms with van der Waals surface area (Å²) < 4.78 is 27.6. The predicted octanol–water partition coefficient (Wildman–Crippen LogP) is 1.30. The SMILES string of the molecule is Cc1cc(N2CCN(S(=O)(=O)c3ccc4c(c3)C(=O)NC4=O)CC2)nc(C(C)C)n1. The Morgan fingerprint density at radius 1 is 0.967 bits per heavy atom. The van der Waals surface area contributed by atoms with Gasteiger partial charge in [-0.25, -0.2) is 18.4 Å². The predicted molar refractivity (Wildman–Crippen MR) is 110 cm³/mol. The minimum Gasteiger partial charge on any atom is -0.354 e. The van der Waals surface area contributed by atoms with E-state index in [0.717, 1.165) is 17.3 Å². The summed E-state index contributed by atoms with van der Waals surface area (Å²) in [5.74, 6) is 0.696. The molecule has 0 bridgehead atoms. The van der Waals surface area contributed by atoms with E-state index in [0.29, 0.717) is 26.2 Å². The summed E-state index contributed by atoms with van der Waals surface area (Å²) in [6.07, 6.45) is 0. The van der Waals surface area contributed by atoms with Crippen molar-refractivity contribution in [3.63, 3.8) is 0 Å². The molecule has 1 N–H and O–H groups in total. The number of rotatable bonds is 4. The number of nitrogens with one attached hydrogen (secondary N) is 1. The minimum atomic E-state index is -3.78. The van der Waals surface area contributed by atoms with Crippen LogP contribution in [0.3, 0.4) is 0 Å². The maximum absolute atomic E-state index is 13.1. The quantitative estimate of drug-likeness (QED) is 0.729. The lowest BCUT2D eigenvalue weighted by Crippen LogP contribution is -2.49. The molecule has 2 aliphatic rings. The second-order valence-electron chi connectivity index (χ2n) is 7.76. The molecule has 1 saturated heterocycles. The lowest BCUT2D eigenvalue weighted by atomic mass is 10.1. The first-order valence-electron chi connectivity index (χ1n) is 9.77. The van der Waals surface area contributed by atoms with Gasteiger partial charge < -0.3 is 4.90 Å². The molecule has 2 aromatic rings. The van der Waals surface area contributed by atoms with Gasteiger partial charge in [-0.3, -0.25) is 14.9 Å². The molecule has 0 atom stereocenters. The van der Waals surface area contributed by atoms with Crippen LogP contribution in [0.4, 0.5) is 5.82 Å². The highest BCUT2D eigenvalue weighted by Crippen LogP contribution is 2.25. The van der Waals surface area contributed by atoms with Crippen molar-refractivity contribution in [3.8, 4) is 0 Å². The monoisotopic (exact) mass is 429 g/mol. The summed E-state index contributed by atoms with van der Waals surface area (Å²) in [7, 11) is -3.78. The van der Waals surface area contributed by atoms with E-state index in [1.807, 2.05) is 26.8 Å². The van der Waals surface area contributed by atoms with Crippen LogP contribution in [0.15, 0.2) is 29.2 Å². The number of fused-ring (bicyclic) bond motifs is 1. The summed E-state index contributed by atoms with van der Waals surface area (Å²) >= 11 is 0. The highest BCUT2D eigenvalue weighted by Gasteiger charge is 2.33. The number of carbonyl (C=O) groups excluding carboxylic acids is 2. The van der Waals surface area contributed by atoms with Crippen molar-refractivity contribution >= 4 is 27.7 Å². The largest absolute Gasteiger partial charge is 0.354 e. The number of anilines is 1. The van der Waals surface area contributed by atoms with Gasteiger partial charge in [0, 0.05) is 43.9 Å². The molecule has 1 aromatic carbocycles. The Balaban J connectivity index is 1.52. The number of benzene rings is 1. The first-order valence-corrected chi connectivity index (χ1v) is 11.2. The number of hydrogen-bond acceptors (Lipinski definition) is 7. The van der Waals surface area contributed by atoms with Gasteiger partial charge in [-0.15, -0.1) is 0 Å². The Labute approximate surface area is 175 Å². The molecular weight excluding hydrogens is 406 g/mol. The Bertz CT molecular complexity index is 1140. The average Bonchev–Trinajstić information content (AvgIpc) is 3.01. The highest BCUT2D eigenvalue weighted by molar-refractivity contribution is 7.89. The molecule has 4 rings (SSSR count). The van der Waals surface area contributed by atoms with E-state index < -0.39 is 21.8 Å². The molecule has 10 heteroatoms. The zero-order chi connectivity index (χ0) is 21.6. The van der Waals surface area contributed by atoms with Crippen LogP contribution in [0.2, 0.25) is 0 Å². The molecular formula is C20H23N5O4S. The van der Waals surface area contributed by atoms with E-state index in [1.165, 1.54) is 22.5 Å². The summed E-state index contributed by atoms with van der Waals surface area (Å²) in [5.41, 5.74) is 1.17. The fourth-order valence-electron chi connectivity index (χ4n) is 3.61. The minimum absolute atomic E-state index is 0.0134. The Kier molecular flexibility index (Phi) is 5.07.